The third kappa shape index (κ3) is 4.54. The van der Waals surface area contributed by atoms with Crippen molar-refractivity contribution in [2.75, 3.05) is 30.4 Å². The van der Waals surface area contributed by atoms with Crippen molar-refractivity contribution >= 4 is 33.8 Å². The maximum absolute atomic E-state index is 14.0. The van der Waals surface area contributed by atoms with Crippen LogP contribution in [-0.2, 0) is 0 Å². The van der Waals surface area contributed by atoms with Crippen LogP contribution in [0.4, 0.5) is 20.9 Å². The monoisotopic (exact) mass is 456 g/mol. The van der Waals surface area contributed by atoms with Crippen LogP contribution in [0, 0.1) is 15.9 Å². The summed E-state index contributed by atoms with van der Waals surface area (Å²) in [6, 6.07) is 9.00. The molecule has 1 N–H and O–H groups in total. The lowest BCUT2D eigenvalue weighted by Gasteiger charge is -2.28. The number of thiazole rings is 1. The van der Waals surface area contributed by atoms with Gasteiger partial charge in [0, 0.05) is 35.7 Å². The lowest BCUT2D eigenvalue weighted by molar-refractivity contribution is -0.384. The van der Waals surface area contributed by atoms with Crippen LogP contribution in [0.3, 0.4) is 0 Å². The zero-order valence-corrected chi connectivity index (χ0v) is 18.2. The number of rotatable bonds is 6. The number of methoxy groups -OCH3 is 1. The Balaban J connectivity index is 1.52. The summed E-state index contributed by atoms with van der Waals surface area (Å²) in [6.45, 7) is 1.53. The van der Waals surface area contributed by atoms with Crippen molar-refractivity contribution in [3.8, 4) is 17.0 Å². The van der Waals surface area contributed by atoms with Crippen LogP contribution in [0.5, 0.6) is 5.75 Å². The number of nitrogens with one attached hydrogen (secondary N) is 1. The second-order valence-electron chi connectivity index (χ2n) is 7.35. The minimum Gasteiger partial charge on any atom is -0.494 e. The van der Waals surface area contributed by atoms with E-state index < -0.39 is 16.6 Å². The summed E-state index contributed by atoms with van der Waals surface area (Å²) < 4.78 is 18.9. The van der Waals surface area contributed by atoms with E-state index >= 15 is 0 Å². The number of ether oxygens (including phenoxy) is 1. The Hall–Kier alpha value is -3.53. The molecule has 3 aromatic rings. The molecule has 10 heteroatoms. The van der Waals surface area contributed by atoms with E-state index in [4.69, 9.17) is 4.74 Å². The standard InChI is InChI=1S/C22H21FN4O4S/c1-31-20-8-6-14(11-16(20)23)17-13-32-22(24-17)25-21(28)15-5-7-18(19(12-15)27(29)30)26-9-3-2-4-10-26/h5-8,11-13H,2-4,9-10H2,1H3,(H,24,25,28). The zero-order chi connectivity index (χ0) is 22.7. The molecule has 166 valence electrons. The van der Waals surface area contributed by atoms with E-state index in [1.807, 2.05) is 4.90 Å². The summed E-state index contributed by atoms with van der Waals surface area (Å²) in [5.74, 6) is -0.878. The number of aromatic nitrogens is 1. The van der Waals surface area contributed by atoms with E-state index in [-0.39, 0.29) is 17.0 Å². The SMILES string of the molecule is COc1ccc(-c2csc(NC(=O)c3ccc(N4CCCCC4)c([N+](=O)[O-])c3)n2)cc1F. The number of benzene rings is 2. The number of hydrogen-bond donors (Lipinski definition) is 1. The normalized spacial score (nSPS) is 13.6. The summed E-state index contributed by atoms with van der Waals surface area (Å²) in [7, 11) is 1.39. The molecule has 1 aliphatic heterocycles. The van der Waals surface area contributed by atoms with Gasteiger partial charge in [0.2, 0.25) is 0 Å². The van der Waals surface area contributed by atoms with Gasteiger partial charge in [-0.05, 0) is 49.6 Å². The molecule has 0 atom stereocenters. The molecular formula is C22H21FN4O4S. The van der Waals surface area contributed by atoms with Gasteiger partial charge in [-0.3, -0.25) is 20.2 Å². The molecule has 0 spiro atoms. The van der Waals surface area contributed by atoms with Crippen LogP contribution in [0.2, 0.25) is 0 Å². The summed E-state index contributed by atoms with van der Waals surface area (Å²) in [6.07, 6.45) is 3.09. The molecule has 2 aromatic carbocycles. The zero-order valence-electron chi connectivity index (χ0n) is 17.3. The fourth-order valence-electron chi connectivity index (χ4n) is 3.67. The third-order valence-corrected chi connectivity index (χ3v) is 6.06. The fraction of sp³-hybridized carbons (Fsp3) is 0.273. The van der Waals surface area contributed by atoms with Crippen molar-refractivity contribution in [1.82, 2.24) is 4.98 Å². The van der Waals surface area contributed by atoms with E-state index in [9.17, 15) is 19.3 Å². The molecule has 1 amide bonds. The molecule has 1 aromatic heterocycles. The maximum atomic E-state index is 14.0. The number of nitro groups is 1. The van der Waals surface area contributed by atoms with Crippen molar-refractivity contribution in [2.24, 2.45) is 0 Å². The van der Waals surface area contributed by atoms with Gasteiger partial charge in [0.05, 0.1) is 17.7 Å². The molecule has 2 heterocycles. The van der Waals surface area contributed by atoms with Crippen molar-refractivity contribution < 1.29 is 18.8 Å². The van der Waals surface area contributed by atoms with E-state index in [1.165, 1.54) is 36.6 Å². The van der Waals surface area contributed by atoms with Crippen molar-refractivity contribution in [2.45, 2.75) is 19.3 Å². The molecule has 1 saturated heterocycles. The molecule has 8 nitrogen and oxygen atoms in total. The highest BCUT2D eigenvalue weighted by atomic mass is 32.1. The van der Waals surface area contributed by atoms with Crippen LogP contribution in [0.15, 0.2) is 41.8 Å². The van der Waals surface area contributed by atoms with Crippen LogP contribution in [0.25, 0.3) is 11.3 Å². The number of nitro benzene ring substituents is 1. The molecule has 0 bridgehead atoms. The molecular weight excluding hydrogens is 435 g/mol. The van der Waals surface area contributed by atoms with Gasteiger partial charge in [0.1, 0.15) is 5.69 Å². The van der Waals surface area contributed by atoms with Gasteiger partial charge in [-0.25, -0.2) is 9.37 Å². The highest BCUT2D eigenvalue weighted by Gasteiger charge is 2.23. The molecule has 4 rings (SSSR count). The van der Waals surface area contributed by atoms with Crippen LogP contribution >= 0.6 is 11.3 Å². The lowest BCUT2D eigenvalue weighted by atomic mass is 10.1. The van der Waals surface area contributed by atoms with Crippen molar-refractivity contribution in [3.63, 3.8) is 0 Å². The lowest BCUT2D eigenvalue weighted by Crippen LogP contribution is -2.30. The molecule has 0 unspecified atom stereocenters. The molecule has 32 heavy (non-hydrogen) atoms. The Morgan fingerprint density at radius 1 is 1.22 bits per heavy atom. The third-order valence-electron chi connectivity index (χ3n) is 5.30. The number of amides is 1. The predicted octanol–water partition coefficient (Wildman–Crippen LogP) is 5.11. The van der Waals surface area contributed by atoms with Crippen molar-refractivity contribution in [3.05, 3.63) is 63.3 Å². The quantitative estimate of drug-likeness (QED) is 0.409. The maximum Gasteiger partial charge on any atom is 0.293 e. The number of carbonyl (C=O) groups is 1. The minimum absolute atomic E-state index is 0.0897. The van der Waals surface area contributed by atoms with Gasteiger partial charge in [-0.2, -0.15) is 0 Å². The Morgan fingerprint density at radius 2 is 2.00 bits per heavy atom. The number of hydrogen-bond acceptors (Lipinski definition) is 7. The van der Waals surface area contributed by atoms with E-state index in [1.54, 1.807) is 23.6 Å². The van der Waals surface area contributed by atoms with E-state index in [0.717, 1.165) is 32.4 Å². The van der Waals surface area contributed by atoms with Crippen LogP contribution in [-0.4, -0.2) is 36.0 Å². The molecule has 0 saturated carbocycles. The molecule has 0 aliphatic carbocycles. The van der Waals surface area contributed by atoms with Crippen molar-refractivity contribution in [1.29, 1.82) is 0 Å². The topological polar surface area (TPSA) is 97.6 Å². The first kappa shape index (κ1) is 21.7. The molecule has 1 fully saturated rings. The number of piperidine rings is 1. The summed E-state index contributed by atoms with van der Waals surface area (Å²) in [4.78, 5) is 30.2. The Morgan fingerprint density at radius 3 is 2.69 bits per heavy atom. The van der Waals surface area contributed by atoms with Gasteiger partial charge < -0.3 is 9.64 Å². The number of carbonyl (C=O) groups excluding carboxylic acids is 1. The summed E-state index contributed by atoms with van der Waals surface area (Å²) in [5.41, 5.74) is 1.65. The number of halogens is 1. The van der Waals surface area contributed by atoms with Gasteiger partial charge in [-0.15, -0.1) is 11.3 Å². The average molecular weight is 456 g/mol. The van der Waals surface area contributed by atoms with E-state index in [2.05, 4.69) is 10.3 Å². The molecule has 1 aliphatic rings. The summed E-state index contributed by atoms with van der Waals surface area (Å²) in [5, 5.41) is 16.3. The van der Waals surface area contributed by atoms with Gasteiger partial charge >= 0.3 is 0 Å². The van der Waals surface area contributed by atoms with Gasteiger partial charge in [0.25, 0.3) is 11.6 Å². The summed E-state index contributed by atoms with van der Waals surface area (Å²) >= 11 is 1.18. The Bertz CT molecular complexity index is 1160. The van der Waals surface area contributed by atoms with Crippen LogP contribution in [0.1, 0.15) is 29.6 Å². The fourth-order valence-corrected chi connectivity index (χ4v) is 4.39. The highest BCUT2D eigenvalue weighted by Crippen LogP contribution is 2.32. The Kier molecular flexibility index (Phi) is 6.31. The largest absolute Gasteiger partial charge is 0.494 e. The number of nitrogens with zero attached hydrogens (tertiary/aromatic N) is 3. The first-order valence-corrected chi connectivity index (χ1v) is 11.0. The molecule has 0 radical (unpaired) electrons. The predicted molar refractivity (Wildman–Crippen MR) is 121 cm³/mol. The van der Waals surface area contributed by atoms with Gasteiger partial charge in [0.15, 0.2) is 16.7 Å². The first-order chi connectivity index (χ1) is 15.5. The van der Waals surface area contributed by atoms with Gasteiger partial charge in [-0.1, -0.05) is 0 Å². The smallest absolute Gasteiger partial charge is 0.293 e. The van der Waals surface area contributed by atoms with Crippen LogP contribution < -0.4 is 15.0 Å². The van der Waals surface area contributed by atoms with E-state index in [0.29, 0.717) is 22.1 Å². The second kappa shape index (κ2) is 9.31. The first-order valence-electron chi connectivity index (χ1n) is 10.1. The number of anilines is 2. The Labute approximate surface area is 187 Å². The minimum atomic E-state index is -0.510. The second-order valence-corrected chi connectivity index (χ2v) is 8.21. The highest BCUT2D eigenvalue weighted by molar-refractivity contribution is 7.14. The average Bonchev–Trinajstić information content (AvgIpc) is 3.27.